The summed E-state index contributed by atoms with van der Waals surface area (Å²) >= 11 is 0. The largest absolute Gasteiger partial charge is 0.457 e. The zero-order chi connectivity index (χ0) is 25.2. The first kappa shape index (κ1) is 24.7. The summed E-state index contributed by atoms with van der Waals surface area (Å²) in [6, 6.07) is 10.3. The topological polar surface area (TPSA) is 110 Å². The zero-order valence-electron chi connectivity index (χ0n) is 20.4. The van der Waals surface area contributed by atoms with Crippen molar-refractivity contribution in [1.82, 2.24) is 14.8 Å². The number of rotatable bonds is 7. The van der Waals surface area contributed by atoms with Gasteiger partial charge in [0.25, 0.3) is 0 Å². The second-order valence-corrected chi connectivity index (χ2v) is 10.4. The van der Waals surface area contributed by atoms with E-state index in [0.29, 0.717) is 34.7 Å². The van der Waals surface area contributed by atoms with Crippen LogP contribution in [-0.2, 0) is 16.8 Å². The summed E-state index contributed by atoms with van der Waals surface area (Å²) in [4.78, 5) is 28.1. The molecule has 0 saturated heterocycles. The van der Waals surface area contributed by atoms with Crippen LogP contribution in [0.15, 0.2) is 42.6 Å². The molecule has 9 nitrogen and oxygen atoms in total. The number of nitrogens with zero attached hydrogens (tertiary/aromatic N) is 3. The molecule has 3 N–H and O–H groups in total. The van der Waals surface area contributed by atoms with E-state index in [1.807, 2.05) is 10.7 Å². The normalized spacial score (nSPS) is 13.3. The number of nitrogens with one attached hydrogen (secondary N) is 3. The Balaban J connectivity index is 1.42. The highest BCUT2D eigenvalue weighted by atomic mass is 31.0. The number of carbonyl (C=O) groups excluding carboxylic acids is 2. The van der Waals surface area contributed by atoms with Gasteiger partial charge in [0.05, 0.1) is 5.69 Å². The first-order valence-corrected chi connectivity index (χ1v) is 12.1. The summed E-state index contributed by atoms with van der Waals surface area (Å²) in [6.45, 7) is 8.56. The molecule has 0 spiro atoms. The molecular weight excluding hydrogens is 463 g/mol. The standard InChI is InChI=1S/C25H31N6O3P/c1-15(32)27-22-12-18(9-10-26-22)34-17-7-8-19(20(35)11-17)28-24(33)29-23-13-21(25(2,3)4)30-31(23)14-16-5-6-16/h7-13,16H,5-6,14,35H2,1-4H3,(H,26,27,32)(H2,28,29,33). The molecule has 0 bridgehead atoms. The van der Waals surface area contributed by atoms with E-state index >= 15 is 0 Å². The van der Waals surface area contributed by atoms with Crippen molar-refractivity contribution < 1.29 is 14.3 Å². The van der Waals surface area contributed by atoms with Crippen LogP contribution in [0.1, 0.15) is 46.2 Å². The van der Waals surface area contributed by atoms with Crippen LogP contribution in [0.5, 0.6) is 11.5 Å². The molecule has 10 heteroatoms. The van der Waals surface area contributed by atoms with Crippen LogP contribution in [-0.4, -0.2) is 26.7 Å². The SMILES string of the molecule is CC(=O)Nc1cc(Oc2ccc(NC(=O)Nc3cc(C(C)(C)C)nn3CC3CC3)c(P)c2)ccn1. The van der Waals surface area contributed by atoms with Crippen molar-refractivity contribution in [1.29, 1.82) is 0 Å². The molecule has 1 aliphatic carbocycles. The maximum atomic E-state index is 12.8. The highest BCUT2D eigenvalue weighted by molar-refractivity contribution is 7.28. The Kier molecular flexibility index (Phi) is 7.08. The number of benzene rings is 1. The Bertz CT molecular complexity index is 1250. The van der Waals surface area contributed by atoms with Crippen LogP contribution in [0.2, 0.25) is 0 Å². The van der Waals surface area contributed by atoms with Crippen molar-refractivity contribution in [3.63, 3.8) is 0 Å². The first-order chi connectivity index (χ1) is 16.6. The molecular formula is C25H31N6O3P. The van der Waals surface area contributed by atoms with Gasteiger partial charge in [0.15, 0.2) is 0 Å². The van der Waals surface area contributed by atoms with E-state index in [9.17, 15) is 9.59 Å². The van der Waals surface area contributed by atoms with Gasteiger partial charge in [-0.05, 0) is 48.3 Å². The average Bonchev–Trinajstić information content (AvgIpc) is 3.48. The number of carbonyl (C=O) groups is 2. The molecule has 4 rings (SSSR count). The number of hydrogen-bond donors (Lipinski definition) is 3. The minimum atomic E-state index is -0.339. The lowest BCUT2D eigenvalue weighted by Crippen LogP contribution is -2.23. The van der Waals surface area contributed by atoms with Crippen LogP contribution in [0.3, 0.4) is 0 Å². The minimum absolute atomic E-state index is 0.109. The van der Waals surface area contributed by atoms with Gasteiger partial charge in [0.1, 0.15) is 23.1 Å². The Morgan fingerprint density at radius 1 is 1.09 bits per heavy atom. The maximum absolute atomic E-state index is 12.8. The monoisotopic (exact) mass is 494 g/mol. The van der Waals surface area contributed by atoms with Crippen molar-refractivity contribution in [2.45, 2.75) is 52.5 Å². The molecule has 3 amide bonds. The molecule has 1 fully saturated rings. The van der Waals surface area contributed by atoms with E-state index in [4.69, 9.17) is 9.84 Å². The third-order valence-corrected chi connectivity index (χ3v) is 5.94. The van der Waals surface area contributed by atoms with Crippen molar-refractivity contribution >= 4 is 43.8 Å². The van der Waals surface area contributed by atoms with Gasteiger partial charge in [-0.25, -0.2) is 14.5 Å². The second kappa shape index (κ2) is 10.0. The number of urea groups is 1. The zero-order valence-corrected chi connectivity index (χ0v) is 21.5. The van der Waals surface area contributed by atoms with Crippen molar-refractivity contribution in [3.8, 4) is 11.5 Å². The lowest BCUT2D eigenvalue weighted by Gasteiger charge is -2.14. The van der Waals surface area contributed by atoms with Crippen molar-refractivity contribution in [2.75, 3.05) is 16.0 Å². The number of pyridine rings is 1. The van der Waals surface area contributed by atoms with Crippen LogP contribution in [0.4, 0.5) is 22.1 Å². The molecule has 1 saturated carbocycles. The van der Waals surface area contributed by atoms with Gasteiger partial charge in [-0.15, -0.1) is 9.24 Å². The molecule has 1 aliphatic rings. The molecule has 1 aromatic carbocycles. The molecule has 2 aromatic heterocycles. The summed E-state index contributed by atoms with van der Waals surface area (Å²) in [5.74, 6) is 2.64. The van der Waals surface area contributed by atoms with Crippen molar-refractivity contribution in [3.05, 3.63) is 48.3 Å². The summed E-state index contributed by atoms with van der Waals surface area (Å²) in [5.41, 5.74) is 1.47. The third kappa shape index (κ3) is 6.79. The molecule has 0 aliphatic heterocycles. The Labute approximate surface area is 207 Å². The Hall–Kier alpha value is -3.45. The van der Waals surface area contributed by atoms with Gasteiger partial charge in [0, 0.05) is 42.9 Å². The average molecular weight is 495 g/mol. The summed E-state index contributed by atoms with van der Waals surface area (Å²) in [7, 11) is 2.61. The number of anilines is 3. The number of aromatic nitrogens is 3. The van der Waals surface area contributed by atoms with Crippen LogP contribution in [0, 0.1) is 5.92 Å². The lowest BCUT2D eigenvalue weighted by atomic mass is 9.92. The predicted octanol–water partition coefficient (Wildman–Crippen LogP) is 4.88. The summed E-state index contributed by atoms with van der Waals surface area (Å²) in [6.07, 6.45) is 3.96. The van der Waals surface area contributed by atoms with E-state index in [2.05, 4.69) is 50.9 Å². The molecule has 184 valence electrons. The highest BCUT2D eigenvalue weighted by Crippen LogP contribution is 2.33. The van der Waals surface area contributed by atoms with E-state index in [0.717, 1.165) is 17.5 Å². The van der Waals surface area contributed by atoms with E-state index in [1.54, 1.807) is 36.5 Å². The minimum Gasteiger partial charge on any atom is -0.457 e. The van der Waals surface area contributed by atoms with E-state index in [1.165, 1.54) is 19.8 Å². The van der Waals surface area contributed by atoms with Crippen LogP contribution >= 0.6 is 9.24 Å². The van der Waals surface area contributed by atoms with Crippen LogP contribution < -0.4 is 26.0 Å². The summed E-state index contributed by atoms with van der Waals surface area (Å²) in [5, 5.41) is 14.0. The quantitative estimate of drug-likeness (QED) is 0.406. The molecule has 0 radical (unpaired) electrons. The van der Waals surface area contributed by atoms with Crippen molar-refractivity contribution in [2.24, 2.45) is 5.92 Å². The van der Waals surface area contributed by atoms with Gasteiger partial charge in [0.2, 0.25) is 5.91 Å². The van der Waals surface area contributed by atoms with Gasteiger partial charge < -0.3 is 15.4 Å². The van der Waals surface area contributed by atoms with Gasteiger partial charge in [-0.3, -0.25) is 10.1 Å². The molecule has 35 heavy (non-hydrogen) atoms. The molecule has 1 atom stereocenters. The number of hydrogen-bond acceptors (Lipinski definition) is 5. The Morgan fingerprint density at radius 3 is 2.49 bits per heavy atom. The smallest absolute Gasteiger partial charge is 0.324 e. The second-order valence-electron chi connectivity index (χ2n) is 9.78. The molecule has 1 unspecified atom stereocenters. The number of amides is 3. The third-order valence-electron chi connectivity index (χ3n) is 5.46. The molecule has 2 heterocycles. The van der Waals surface area contributed by atoms with E-state index in [-0.39, 0.29) is 17.4 Å². The highest BCUT2D eigenvalue weighted by Gasteiger charge is 2.26. The number of ether oxygens (including phenoxy) is 1. The lowest BCUT2D eigenvalue weighted by molar-refractivity contribution is -0.114. The molecule has 3 aromatic rings. The fourth-order valence-corrected chi connectivity index (χ4v) is 3.75. The fraction of sp³-hybridized carbons (Fsp3) is 0.360. The van der Waals surface area contributed by atoms with Gasteiger partial charge >= 0.3 is 6.03 Å². The summed E-state index contributed by atoms with van der Waals surface area (Å²) < 4.78 is 7.79. The predicted molar refractivity (Wildman–Crippen MR) is 141 cm³/mol. The van der Waals surface area contributed by atoms with Gasteiger partial charge in [-0.1, -0.05) is 20.8 Å². The van der Waals surface area contributed by atoms with E-state index < -0.39 is 0 Å². The fourth-order valence-electron chi connectivity index (χ4n) is 3.42. The van der Waals surface area contributed by atoms with Gasteiger partial charge in [-0.2, -0.15) is 5.10 Å². The van der Waals surface area contributed by atoms with Crippen LogP contribution in [0.25, 0.3) is 0 Å². The maximum Gasteiger partial charge on any atom is 0.324 e. The Morgan fingerprint density at radius 2 is 1.83 bits per heavy atom. The first-order valence-electron chi connectivity index (χ1n) is 11.5.